The van der Waals surface area contributed by atoms with Crippen LogP contribution >= 0.6 is 0 Å². The Kier molecular flexibility index (Phi) is 3.95. The van der Waals surface area contributed by atoms with Gasteiger partial charge in [-0.15, -0.1) is 0 Å². The van der Waals surface area contributed by atoms with E-state index in [-0.39, 0.29) is 11.8 Å². The minimum atomic E-state index is -0.411. The number of amides is 2. The van der Waals surface area contributed by atoms with Crippen molar-refractivity contribution in [2.45, 2.75) is 45.1 Å². The summed E-state index contributed by atoms with van der Waals surface area (Å²) in [4.78, 5) is 26.9. The van der Waals surface area contributed by atoms with E-state index in [9.17, 15) is 9.59 Å². The molecule has 2 amide bonds. The number of anilines is 1. The van der Waals surface area contributed by atoms with Crippen LogP contribution < -0.4 is 10.2 Å². The van der Waals surface area contributed by atoms with Gasteiger partial charge >= 0.3 is 0 Å². The molecule has 4 nitrogen and oxygen atoms in total. The van der Waals surface area contributed by atoms with Crippen molar-refractivity contribution in [2.24, 2.45) is 5.92 Å². The van der Waals surface area contributed by atoms with Gasteiger partial charge in [0.05, 0.1) is 11.3 Å². The first-order valence-electron chi connectivity index (χ1n) is 7.92. The van der Waals surface area contributed by atoms with Crippen LogP contribution in [0.5, 0.6) is 0 Å². The number of nitrogens with one attached hydrogen (secondary N) is 1. The summed E-state index contributed by atoms with van der Waals surface area (Å²) in [6.45, 7) is 2.67. The normalized spacial score (nSPS) is 22.9. The van der Waals surface area contributed by atoms with Gasteiger partial charge in [-0.05, 0) is 37.3 Å². The second-order valence-corrected chi connectivity index (χ2v) is 6.05. The van der Waals surface area contributed by atoms with Crippen LogP contribution in [0.2, 0.25) is 0 Å². The third-order valence-electron chi connectivity index (χ3n) is 4.63. The average Bonchev–Trinajstić information content (AvgIpc) is 2.99. The molecule has 1 N–H and O–H groups in total. The van der Waals surface area contributed by atoms with Gasteiger partial charge in [0, 0.05) is 6.54 Å². The third-order valence-corrected chi connectivity index (χ3v) is 4.63. The maximum absolute atomic E-state index is 12.8. The van der Waals surface area contributed by atoms with E-state index >= 15 is 0 Å². The van der Waals surface area contributed by atoms with E-state index in [1.54, 1.807) is 6.07 Å². The van der Waals surface area contributed by atoms with E-state index in [0.29, 0.717) is 17.9 Å². The van der Waals surface area contributed by atoms with E-state index in [1.807, 2.05) is 30.0 Å². The molecule has 3 rings (SSSR count). The number of hydrogen-bond acceptors (Lipinski definition) is 2. The summed E-state index contributed by atoms with van der Waals surface area (Å²) in [5, 5.41) is 2.86. The van der Waals surface area contributed by atoms with Crippen LogP contribution in [0.3, 0.4) is 0 Å². The van der Waals surface area contributed by atoms with Gasteiger partial charge in [-0.25, -0.2) is 0 Å². The predicted molar refractivity (Wildman–Crippen MR) is 82.3 cm³/mol. The minimum Gasteiger partial charge on any atom is -0.340 e. The number of fused-ring (bicyclic) bond motifs is 1. The second kappa shape index (κ2) is 5.88. The summed E-state index contributed by atoms with van der Waals surface area (Å²) in [7, 11) is 0. The van der Waals surface area contributed by atoms with Crippen LogP contribution in [0.1, 0.15) is 49.4 Å². The number of rotatable bonds is 3. The third kappa shape index (κ3) is 2.67. The molecule has 1 aromatic rings. The van der Waals surface area contributed by atoms with Crippen LogP contribution in [0, 0.1) is 5.92 Å². The molecule has 2 aliphatic rings. The van der Waals surface area contributed by atoms with Gasteiger partial charge < -0.3 is 10.2 Å². The van der Waals surface area contributed by atoms with Crippen LogP contribution in [-0.2, 0) is 4.79 Å². The van der Waals surface area contributed by atoms with Crippen LogP contribution in [0.4, 0.5) is 5.69 Å². The Morgan fingerprint density at radius 3 is 2.62 bits per heavy atom. The molecule has 1 atom stereocenters. The van der Waals surface area contributed by atoms with E-state index in [1.165, 1.54) is 25.7 Å². The molecular formula is C17H22N2O2. The first-order valence-corrected chi connectivity index (χ1v) is 7.92. The largest absolute Gasteiger partial charge is 0.340 e. The van der Waals surface area contributed by atoms with Gasteiger partial charge in [0.1, 0.15) is 6.04 Å². The minimum absolute atomic E-state index is 0.0303. The van der Waals surface area contributed by atoms with Crippen molar-refractivity contribution in [3.05, 3.63) is 29.8 Å². The molecule has 0 saturated heterocycles. The van der Waals surface area contributed by atoms with Gasteiger partial charge in [0.2, 0.25) is 5.91 Å². The molecule has 1 aliphatic heterocycles. The molecule has 1 unspecified atom stereocenters. The lowest BCUT2D eigenvalue weighted by Crippen LogP contribution is -2.46. The molecule has 21 heavy (non-hydrogen) atoms. The number of hydrogen-bond donors (Lipinski definition) is 1. The zero-order valence-corrected chi connectivity index (χ0v) is 12.5. The molecule has 1 saturated carbocycles. The molecule has 1 aromatic carbocycles. The van der Waals surface area contributed by atoms with Gasteiger partial charge in [0.25, 0.3) is 5.91 Å². The van der Waals surface area contributed by atoms with Gasteiger partial charge in [-0.1, -0.05) is 31.9 Å². The second-order valence-electron chi connectivity index (χ2n) is 6.05. The smallest absolute Gasteiger partial charge is 0.254 e. The van der Waals surface area contributed by atoms with Crippen molar-refractivity contribution in [3.8, 4) is 0 Å². The Bertz CT molecular complexity index is 549. The molecule has 0 radical (unpaired) electrons. The van der Waals surface area contributed by atoms with Crippen LogP contribution in [0.15, 0.2) is 24.3 Å². The van der Waals surface area contributed by atoms with Gasteiger partial charge in [0.15, 0.2) is 0 Å². The highest BCUT2D eigenvalue weighted by Crippen LogP contribution is 2.30. The Morgan fingerprint density at radius 2 is 1.90 bits per heavy atom. The molecule has 4 heteroatoms. The van der Waals surface area contributed by atoms with E-state index in [2.05, 4.69) is 5.32 Å². The Labute approximate surface area is 125 Å². The Balaban J connectivity index is 1.97. The number of nitrogens with zero attached hydrogens (tertiary/aromatic N) is 1. The Morgan fingerprint density at radius 1 is 1.19 bits per heavy atom. The molecule has 1 heterocycles. The SMILES string of the molecule is CCC1NC(=O)c2ccccc2N(CC2CCCC2)C1=O. The van der Waals surface area contributed by atoms with Crippen molar-refractivity contribution in [1.82, 2.24) is 5.32 Å². The summed E-state index contributed by atoms with van der Waals surface area (Å²) >= 11 is 0. The highest BCUT2D eigenvalue weighted by Gasteiger charge is 2.34. The highest BCUT2D eigenvalue weighted by atomic mass is 16.2. The van der Waals surface area contributed by atoms with Crippen molar-refractivity contribution >= 4 is 17.5 Å². The first-order chi connectivity index (χ1) is 10.2. The fourth-order valence-electron chi connectivity index (χ4n) is 3.42. The fourth-order valence-corrected chi connectivity index (χ4v) is 3.42. The number of benzene rings is 1. The van der Waals surface area contributed by atoms with Crippen molar-refractivity contribution in [3.63, 3.8) is 0 Å². The zero-order valence-electron chi connectivity index (χ0n) is 12.5. The van der Waals surface area contributed by atoms with Crippen LogP contribution in [0.25, 0.3) is 0 Å². The zero-order chi connectivity index (χ0) is 14.8. The summed E-state index contributed by atoms with van der Waals surface area (Å²) in [5.41, 5.74) is 1.38. The van der Waals surface area contributed by atoms with E-state index in [0.717, 1.165) is 12.2 Å². The van der Waals surface area contributed by atoms with E-state index in [4.69, 9.17) is 0 Å². The number of carbonyl (C=O) groups excluding carboxylic acids is 2. The number of para-hydroxylation sites is 1. The summed E-state index contributed by atoms with van der Waals surface area (Å²) in [6.07, 6.45) is 5.50. The quantitative estimate of drug-likeness (QED) is 0.929. The molecule has 0 bridgehead atoms. The molecular weight excluding hydrogens is 264 g/mol. The van der Waals surface area contributed by atoms with E-state index < -0.39 is 6.04 Å². The predicted octanol–water partition coefficient (Wildman–Crippen LogP) is 2.73. The summed E-state index contributed by atoms with van der Waals surface area (Å²) in [6, 6.07) is 7.03. The summed E-state index contributed by atoms with van der Waals surface area (Å²) in [5.74, 6) is 0.454. The average molecular weight is 286 g/mol. The lowest BCUT2D eigenvalue weighted by atomic mass is 10.1. The maximum Gasteiger partial charge on any atom is 0.254 e. The number of carbonyl (C=O) groups is 2. The Hall–Kier alpha value is -1.84. The lowest BCUT2D eigenvalue weighted by molar-refractivity contribution is -0.120. The van der Waals surface area contributed by atoms with Gasteiger partial charge in [-0.2, -0.15) is 0 Å². The standard InChI is InChI=1S/C17H22N2O2/c1-2-14-17(21)19(11-12-7-3-4-8-12)15-10-6-5-9-13(15)16(20)18-14/h5-6,9-10,12,14H,2-4,7-8,11H2,1H3,(H,18,20). The van der Waals surface area contributed by atoms with Gasteiger partial charge in [-0.3, -0.25) is 9.59 Å². The maximum atomic E-state index is 12.8. The van der Waals surface area contributed by atoms with Crippen molar-refractivity contribution in [1.29, 1.82) is 0 Å². The monoisotopic (exact) mass is 286 g/mol. The van der Waals surface area contributed by atoms with Crippen molar-refractivity contribution < 1.29 is 9.59 Å². The van der Waals surface area contributed by atoms with Crippen LogP contribution in [-0.4, -0.2) is 24.4 Å². The lowest BCUT2D eigenvalue weighted by Gasteiger charge is -2.27. The first kappa shape index (κ1) is 14.1. The molecule has 1 fully saturated rings. The van der Waals surface area contributed by atoms with Crippen molar-refractivity contribution in [2.75, 3.05) is 11.4 Å². The summed E-state index contributed by atoms with van der Waals surface area (Å²) < 4.78 is 0. The molecule has 1 aliphatic carbocycles. The highest BCUT2D eigenvalue weighted by molar-refractivity contribution is 6.10. The molecule has 0 spiro atoms. The molecule has 0 aromatic heterocycles. The molecule has 112 valence electrons. The fraction of sp³-hybridized carbons (Fsp3) is 0.529. The topological polar surface area (TPSA) is 49.4 Å².